The maximum Gasteiger partial charge on any atom is 0.408 e. The van der Waals surface area contributed by atoms with Crippen LogP contribution in [-0.4, -0.2) is 41.6 Å². The lowest BCUT2D eigenvalue weighted by molar-refractivity contribution is -0.133. The molecule has 0 fully saturated rings. The van der Waals surface area contributed by atoms with Crippen molar-refractivity contribution in [2.24, 2.45) is 0 Å². The fraction of sp³-hybridized carbons (Fsp3) is 0.556. The molecule has 0 saturated heterocycles. The summed E-state index contributed by atoms with van der Waals surface area (Å²) in [6.45, 7) is 10.5. The lowest BCUT2D eigenvalue weighted by Crippen LogP contribution is -2.50. The normalized spacial score (nSPS) is 12.4. The van der Waals surface area contributed by atoms with Crippen molar-refractivity contribution in [3.63, 3.8) is 0 Å². The number of amides is 2. The maximum absolute atomic E-state index is 12.7. The van der Waals surface area contributed by atoms with Crippen LogP contribution in [0, 0.1) is 0 Å². The number of nitrogens with one attached hydrogen (secondary N) is 1. The Morgan fingerprint density at radius 2 is 1.70 bits per heavy atom. The van der Waals surface area contributed by atoms with Crippen LogP contribution in [0.3, 0.4) is 0 Å². The Labute approximate surface area is 139 Å². The van der Waals surface area contributed by atoms with Gasteiger partial charge in [-0.05, 0) is 40.2 Å². The van der Waals surface area contributed by atoms with Gasteiger partial charge in [0.15, 0.2) is 0 Å². The van der Waals surface area contributed by atoms with Crippen molar-refractivity contribution in [1.82, 2.24) is 10.2 Å². The quantitative estimate of drug-likeness (QED) is 0.876. The largest absolute Gasteiger partial charge is 0.444 e. The molecule has 5 heteroatoms. The number of benzene rings is 1. The Hall–Kier alpha value is -2.04. The van der Waals surface area contributed by atoms with E-state index in [1.54, 1.807) is 25.7 Å². The topological polar surface area (TPSA) is 58.6 Å². The third-order valence-electron chi connectivity index (χ3n) is 3.35. The number of rotatable bonds is 6. The van der Waals surface area contributed by atoms with E-state index in [0.717, 1.165) is 5.56 Å². The number of likely N-dealkylation sites (N-methyl/N-ethyl adjacent to an activating group) is 1. The zero-order valence-electron chi connectivity index (χ0n) is 14.8. The second-order valence-electron chi connectivity index (χ2n) is 6.40. The Bertz CT molecular complexity index is 505. The maximum atomic E-state index is 12.7. The van der Waals surface area contributed by atoms with E-state index >= 15 is 0 Å². The van der Waals surface area contributed by atoms with Crippen molar-refractivity contribution in [2.45, 2.75) is 52.7 Å². The van der Waals surface area contributed by atoms with Crippen LogP contribution >= 0.6 is 0 Å². The first kappa shape index (κ1) is 19.0. The van der Waals surface area contributed by atoms with Crippen molar-refractivity contribution < 1.29 is 14.3 Å². The van der Waals surface area contributed by atoms with Gasteiger partial charge in [0.05, 0.1) is 0 Å². The van der Waals surface area contributed by atoms with E-state index in [2.05, 4.69) is 5.32 Å². The average molecular weight is 320 g/mol. The van der Waals surface area contributed by atoms with Crippen LogP contribution < -0.4 is 5.32 Å². The molecule has 0 heterocycles. The molecule has 1 rings (SSSR count). The van der Waals surface area contributed by atoms with Crippen LogP contribution in [0.15, 0.2) is 30.3 Å². The molecule has 0 aliphatic rings. The zero-order chi connectivity index (χ0) is 17.5. The summed E-state index contributed by atoms with van der Waals surface area (Å²) in [5.74, 6) is -0.0929. The Morgan fingerprint density at radius 3 is 2.17 bits per heavy atom. The number of carbonyl (C=O) groups excluding carboxylic acids is 2. The van der Waals surface area contributed by atoms with E-state index in [1.165, 1.54) is 0 Å². The van der Waals surface area contributed by atoms with Crippen molar-refractivity contribution in [1.29, 1.82) is 0 Å². The van der Waals surface area contributed by atoms with Crippen LogP contribution in [-0.2, 0) is 16.0 Å². The predicted molar refractivity (Wildman–Crippen MR) is 91.2 cm³/mol. The lowest BCUT2D eigenvalue weighted by atomic mass is 10.0. The Balaban J connectivity index is 2.87. The van der Waals surface area contributed by atoms with E-state index in [0.29, 0.717) is 19.5 Å². The molecule has 128 valence electrons. The third-order valence-corrected chi connectivity index (χ3v) is 3.35. The summed E-state index contributed by atoms with van der Waals surface area (Å²) in [6.07, 6.45) is -0.131. The number of ether oxygens (including phenoxy) is 1. The summed E-state index contributed by atoms with van der Waals surface area (Å²) in [4.78, 5) is 26.4. The molecule has 0 radical (unpaired) electrons. The molecule has 0 bridgehead atoms. The summed E-state index contributed by atoms with van der Waals surface area (Å²) in [7, 11) is 0. The molecule has 23 heavy (non-hydrogen) atoms. The zero-order valence-corrected chi connectivity index (χ0v) is 14.8. The molecule has 1 N–H and O–H groups in total. The van der Waals surface area contributed by atoms with Gasteiger partial charge in [0.1, 0.15) is 11.6 Å². The van der Waals surface area contributed by atoms with Gasteiger partial charge in [-0.15, -0.1) is 0 Å². The summed E-state index contributed by atoms with van der Waals surface area (Å²) < 4.78 is 5.28. The number of carbonyl (C=O) groups is 2. The molecule has 2 amide bonds. The summed E-state index contributed by atoms with van der Waals surface area (Å²) in [5, 5.41) is 2.72. The van der Waals surface area contributed by atoms with Crippen molar-refractivity contribution >= 4 is 12.0 Å². The van der Waals surface area contributed by atoms with Crippen molar-refractivity contribution in [3.8, 4) is 0 Å². The predicted octanol–water partition coefficient (Wildman–Crippen LogP) is 2.99. The van der Waals surface area contributed by atoms with Crippen molar-refractivity contribution in [3.05, 3.63) is 35.9 Å². The van der Waals surface area contributed by atoms with Gasteiger partial charge in [0.2, 0.25) is 5.91 Å². The summed E-state index contributed by atoms with van der Waals surface area (Å²) in [5.41, 5.74) is 0.397. The van der Waals surface area contributed by atoms with Gasteiger partial charge in [-0.2, -0.15) is 0 Å². The van der Waals surface area contributed by atoms with Crippen LogP contribution in [0.2, 0.25) is 0 Å². The first-order valence-corrected chi connectivity index (χ1v) is 8.09. The molecular formula is C18H28N2O3. The Morgan fingerprint density at radius 1 is 1.13 bits per heavy atom. The molecule has 0 aliphatic carbocycles. The average Bonchev–Trinajstić information content (AvgIpc) is 2.47. The van der Waals surface area contributed by atoms with E-state index < -0.39 is 17.7 Å². The van der Waals surface area contributed by atoms with Crippen LogP contribution in [0.25, 0.3) is 0 Å². The molecule has 5 nitrogen and oxygen atoms in total. The Kier molecular flexibility index (Phi) is 7.07. The molecule has 1 aromatic rings. The van der Waals surface area contributed by atoms with E-state index in [1.807, 2.05) is 44.2 Å². The van der Waals surface area contributed by atoms with Crippen LogP contribution in [0.5, 0.6) is 0 Å². The smallest absolute Gasteiger partial charge is 0.408 e. The lowest BCUT2D eigenvalue weighted by Gasteiger charge is -2.27. The van der Waals surface area contributed by atoms with Gasteiger partial charge in [-0.1, -0.05) is 30.3 Å². The second-order valence-corrected chi connectivity index (χ2v) is 6.40. The highest BCUT2D eigenvalue weighted by Gasteiger charge is 2.27. The standard InChI is InChI=1S/C18H28N2O3/c1-6-20(7-2)16(21)15(13-14-11-9-8-10-12-14)19-17(22)23-18(3,4)5/h8-12,15H,6-7,13H2,1-5H3,(H,19,22)/t15-/m0/s1. The minimum atomic E-state index is -0.632. The molecule has 1 atom stereocenters. The summed E-state index contributed by atoms with van der Waals surface area (Å²) >= 11 is 0. The fourth-order valence-corrected chi connectivity index (χ4v) is 2.26. The second kappa shape index (κ2) is 8.56. The first-order chi connectivity index (χ1) is 10.8. The molecule has 0 unspecified atom stereocenters. The van der Waals surface area contributed by atoms with E-state index in [-0.39, 0.29) is 5.91 Å². The van der Waals surface area contributed by atoms with Gasteiger partial charge in [0.25, 0.3) is 0 Å². The molecule has 0 spiro atoms. The summed E-state index contributed by atoms with van der Waals surface area (Å²) in [6, 6.07) is 9.01. The highest BCUT2D eigenvalue weighted by Crippen LogP contribution is 2.10. The number of alkyl carbamates (subject to hydrolysis) is 1. The van der Waals surface area contributed by atoms with Gasteiger partial charge in [0, 0.05) is 19.5 Å². The number of hydrogen-bond donors (Lipinski definition) is 1. The van der Waals surface area contributed by atoms with Crippen LogP contribution in [0.4, 0.5) is 4.79 Å². The van der Waals surface area contributed by atoms with Gasteiger partial charge >= 0.3 is 6.09 Å². The van der Waals surface area contributed by atoms with Crippen LogP contribution in [0.1, 0.15) is 40.2 Å². The van der Waals surface area contributed by atoms with E-state index in [9.17, 15) is 9.59 Å². The molecule has 1 aromatic carbocycles. The van der Waals surface area contributed by atoms with Gasteiger partial charge in [-0.25, -0.2) is 4.79 Å². The highest BCUT2D eigenvalue weighted by molar-refractivity contribution is 5.86. The highest BCUT2D eigenvalue weighted by atomic mass is 16.6. The van der Waals surface area contributed by atoms with Gasteiger partial charge in [-0.3, -0.25) is 4.79 Å². The molecule has 0 aromatic heterocycles. The monoisotopic (exact) mass is 320 g/mol. The van der Waals surface area contributed by atoms with Crippen molar-refractivity contribution in [2.75, 3.05) is 13.1 Å². The molecular weight excluding hydrogens is 292 g/mol. The first-order valence-electron chi connectivity index (χ1n) is 8.09. The minimum absolute atomic E-state index is 0.0929. The molecule has 0 saturated carbocycles. The SMILES string of the molecule is CCN(CC)C(=O)[C@H](Cc1ccccc1)NC(=O)OC(C)(C)C. The van der Waals surface area contributed by atoms with E-state index in [4.69, 9.17) is 4.74 Å². The fourth-order valence-electron chi connectivity index (χ4n) is 2.26. The minimum Gasteiger partial charge on any atom is -0.444 e. The number of hydrogen-bond acceptors (Lipinski definition) is 3. The molecule has 0 aliphatic heterocycles. The van der Waals surface area contributed by atoms with Gasteiger partial charge < -0.3 is 15.0 Å². The number of nitrogens with zero attached hydrogens (tertiary/aromatic N) is 1. The third kappa shape index (κ3) is 6.72.